The fourth-order valence-corrected chi connectivity index (χ4v) is 2.88. The molecule has 1 aliphatic rings. The normalized spacial score (nSPS) is 14.2. The molecule has 0 aromatic heterocycles. The lowest BCUT2D eigenvalue weighted by Crippen LogP contribution is -2.27. The van der Waals surface area contributed by atoms with Crippen LogP contribution in [0.3, 0.4) is 0 Å². The maximum atomic E-state index is 5.43. The summed E-state index contributed by atoms with van der Waals surface area (Å²) >= 11 is 3.59. The quantitative estimate of drug-likeness (QED) is 0.889. The van der Waals surface area contributed by atoms with Crippen molar-refractivity contribution in [1.29, 1.82) is 0 Å². The van der Waals surface area contributed by atoms with Gasteiger partial charge >= 0.3 is 0 Å². The van der Waals surface area contributed by atoms with Crippen LogP contribution < -0.4 is 14.8 Å². The number of ether oxygens (including phenoxy) is 2. The summed E-state index contributed by atoms with van der Waals surface area (Å²) in [6.07, 6.45) is 1.02. The first-order valence-electron chi connectivity index (χ1n) is 7.07. The average Bonchev–Trinajstić information content (AvgIpc) is 2.93. The second kappa shape index (κ2) is 6.50. The van der Waals surface area contributed by atoms with E-state index in [2.05, 4.69) is 52.4 Å². The summed E-state index contributed by atoms with van der Waals surface area (Å²) in [5.41, 5.74) is 2.53. The van der Waals surface area contributed by atoms with Gasteiger partial charge in [-0.1, -0.05) is 46.3 Å². The van der Waals surface area contributed by atoms with E-state index in [1.165, 1.54) is 11.1 Å². The molecule has 0 bridgehead atoms. The minimum Gasteiger partial charge on any atom is -0.454 e. The molecular formula is C17H18BrNO2. The van der Waals surface area contributed by atoms with E-state index in [9.17, 15) is 0 Å². The van der Waals surface area contributed by atoms with E-state index in [-0.39, 0.29) is 0 Å². The van der Waals surface area contributed by atoms with Gasteiger partial charge in [0.15, 0.2) is 11.5 Å². The number of halogens is 1. The zero-order valence-electron chi connectivity index (χ0n) is 11.9. The van der Waals surface area contributed by atoms with Gasteiger partial charge in [-0.25, -0.2) is 0 Å². The zero-order valence-corrected chi connectivity index (χ0v) is 13.5. The van der Waals surface area contributed by atoms with Crippen molar-refractivity contribution in [2.75, 3.05) is 6.79 Å². The summed E-state index contributed by atoms with van der Waals surface area (Å²) in [7, 11) is 0. The first-order valence-corrected chi connectivity index (χ1v) is 7.87. The van der Waals surface area contributed by atoms with Gasteiger partial charge in [0.1, 0.15) is 0 Å². The van der Waals surface area contributed by atoms with Crippen molar-refractivity contribution in [1.82, 2.24) is 5.32 Å². The van der Waals surface area contributed by atoms with Crippen molar-refractivity contribution in [3.8, 4) is 11.5 Å². The lowest BCUT2D eigenvalue weighted by atomic mass is 10.1. The zero-order chi connectivity index (χ0) is 14.7. The van der Waals surface area contributed by atoms with Crippen LogP contribution in [-0.2, 0) is 13.0 Å². The Bertz CT molecular complexity index is 616. The van der Waals surface area contributed by atoms with Crippen LogP contribution in [0.1, 0.15) is 18.1 Å². The van der Waals surface area contributed by atoms with Gasteiger partial charge in [-0.3, -0.25) is 0 Å². The number of rotatable bonds is 5. The predicted molar refractivity (Wildman–Crippen MR) is 86.7 cm³/mol. The van der Waals surface area contributed by atoms with Gasteiger partial charge < -0.3 is 14.8 Å². The first-order chi connectivity index (χ1) is 10.2. The molecule has 1 heterocycles. The molecule has 0 radical (unpaired) electrons. The van der Waals surface area contributed by atoms with E-state index < -0.39 is 0 Å². The van der Waals surface area contributed by atoms with Crippen molar-refractivity contribution < 1.29 is 9.47 Å². The Morgan fingerprint density at radius 2 is 1.86 bits per heavy atom. The van der Waals surface area contributed by atoms with E-state index in [1.54, 1.807) is 0 Å². The monoisotopic (exact) mass is 347 g/mol. The smallest absolute Gasteiger partial charge is 0.231 e. The van der Waals surface area contributed by atoms with Gasteiger partial charge in [-0.15, -0.1) is 0 Å². The Morgan fingerprint density at radius 1 is 1.14 bits per heavy atom. The molecule has 0 spiro atoms. The molecule has 2 aromatic carbocycles. The number of nitrogens with one attached hydrogen (secondary N) is 1. The number of benzene rings is 2. The molecule has 0 saturated heterocycles. The second-order valence-corrected chi connectivity index (χ2v) is 6.12. The SMILES string of the molecule is CC(Cc1ccccc1)NCc1cc2c(cc1Br)OCO2. The number of fused-ring (bicyclic) bond motifs is 1. The molecule has 0 fully saturated rings. The molecule has 0 amide bonds. The molecule has 110 valence electrons. The lowest BCUT2D eigenvalue weighted by molar-refractivity contribution is 0.174. The van der Waals surface area contributed by atoms with Gasteiger partial charge in [0, 0.05) is 17.1 Å². The van der Waals surface area contributed by atoms with Crippen LogP contribution in [0.25, 0.3) is 0 Å². The molecule has 2 aromatic rings. The Hall–Kier alpha value is -1.52. The molecule has 0 saturated carbocycles. The Morgan fingerprint density at radius 3 is 2.62 bits per heavy atom. The van der Waals surface area contributed by atoms with Gasteiger partial charge in [-0.05, 0) is 36.6 Å². The van der Waals surface area contributed by atoms with Crippen LogP contribution in [0.2, 0.25) is 0 Å². The summed E-state index contributed by atoms with van der Waals surface area (Å²) in [6.45, 7) is 3.31. The van der Waals surface area contributed by atoms with E-state index in [0.29, 0.717) is 12.8 Å². The van der Waals surface area contributed by atoms with Crippen LogP contribution in [0, 0.1) is 0 Å². The van der Waals surface area contributed by atoms with Gasteiger partial charge in [0.05, 0.1) is 0 Å². The molecule has 1 atom stereocenters. The maximum absolute atomic E-state index is 5.43. The van der Waals surface area contributed by atoms with E-state index >= 15 is 0 Å². The van der Waals surface area contributed by atoms with Crippen LogP contribution in [-0.4, -0.2) is 12.8 Å². The van der Waals surface area contributed by atoms with Crippen LogP contribution in [0.5, 0.6) is 11.5 Å². The minimum absolute atomic E-state index is 0.309. The minimum atomic E-state index is 0.309. The highest BCUT2D eigenvalue weighted by atomic mass is 79.9. The summed E-state index contributed by atoms with van der Waals surface area (Å²) in [4.78, 5) is 0. The highest BCUT2D eigenvalue weighted by Gasteiger charge is 2.16. The molecule has 21 heavy (non-hydrogen) atoms. The highest BCUT2D eigenvalue weighted by Crippen LogP contribution is 2.36. The second-order valence-electron chi connectivity index (χ2n) is 5.27. The number of hydrogen-bond donors (Lipinski definition) is 1. The average molecular weight is 348 g/mol. The van der Waals surface area contributed by atoms with E-state index in [1.807, 2.05) is 18.2 Å². The molecule has 1 unspecified atom stereocenters. The third kappa shape index (κ3) is 3.57. The fraction of sp³-hybridized carbons (Fsp3) is 0.294. The summed E-state index contributed by atoms with van der Waals surface area (Å²) in [6, 6.07) is 14.9. The Labute approximate surface area is 133 Å². The van der Waals surface area contributed by atoms with Crippen LogP contribution in [0.15, 0.2) is 46.9 Å². The lowest BCUT2D eigenvalue weighted by Gasteiger charge is -2.15. The molecule has 1 aliphatic heterocycles. The summed E-state index contributed by atoms with van der Waals surface area (Å²) < 4.78 is 11.8. The standard InChI is InChI=1S/C17H18BrNO2/c1-12(7-13-5-3-2-4-6-13)19-10-14-8-16-17(9-15(14)18)21-11-20-16/h2-6,8-9,12,19H,7,10-11H2,1H3. The third-order valence-corrected chi connectivity index (χ3v) is 4.31. The van der Waals surface area contributed by atoms with Crippen LogP contribution >= 0.6 is 15.9 Å². The van der Waals surface area contributed by atoms with Crippen molar-refractivity contribution >= 4 is 15.9 Å². The topological polar surface area (TPSA) is 30.5 Å². The molecule has 4 heteroatoms. The third-order valence-electron chi connectivity index (χ3n) is 3.57. The molecular weight excluding hydrogens is 330 g/mol. The molecule has 3 rings (SSSR count). The van der Waals surface area contributed by atoms with Gasteiger partial charge in [-0.2, -0.15) is 0 Å². The Balaban J connectivity index is 1.60. The van der Waals surface area contributed by atoms with E-state index in [4.69, 9.17) is 9.47 Å². The Kier molecular flexibility index (Phi) is 4.46. The van der Waals surface area contributed by atoms with Crippen molar-refractivity contribution in [3.63, 3.8) is 0 Å². The first kappa shape index (κ1) is 14.4. The summed E-state index contributed by atoms with van der Waals surface area (Å²) in [5.74, 6) is 1.63. The van der Waals surface area contributed by atoms with E-state index in [0.717, 1.165) is 28.9 Å². The predicted octanol–water partition coefficient (Wildman–Crippen LogP) is 3.90. The molecule has 0 aliphatic carbocycles. The highest BCUT2D eigenvalue weighted by molar-refractivity contribution is 9.10. The van der Waals surface area contributed by atoms with Crippen molar-refractivity contribution in [3.05, 3.63) is 58.1 Å². The summed E-state index contributed by atoms with van der Waals surface area (Å²) in [5, 5.41) is 3.55. The largest absolute Gasteiger partial charge is 0.454 e. The molecule has 3 nitrogen and oxygen atoms in total. The van der Waals surface area contributed by atoms with Crippen molar-refractivity contribution in [2.24, 2.45) is 0 Å². The number of hydrogen-bond acceptors (Lipinski definition) is 3. The van der Waals surface area contributed by atoms with Crippen molar-refractivity contribution in [2.45, 2.75) is 25.9 Å². The van der Waals surface area contributed by atoms with Gasteiger partial charge in [0.2, 0.25) is 6.79 Å². The molecule has 1 N–H and O–H groups in total. The van der Waals surface area contributed by atoms with Crippen LogP contribution in [0.4, 0.5) is 0 Å². The fourth-order valence-electron chi connectivity index (χ4n) is 2.42. The van der Waals surface area contributed by atoms with Gasteiger partial charge in [0.25, 0.3) is 0 Å². The maximum Gasteiger partial charge on any atom is 0.231 e.